The molecular formula is C20H19N3O3. The smallest absolute Gasteiger partial charge is 0.274 e. The molecule has 0 saturated carbocycles. The molecule has 2 N–H and O–H groups in total. The summed E-state index contributed by atoms with van der Waals surface area (Å²) in [6.45, 7) is 1.49. The Morgan fingerprint density at radius 1 is 1.12 bits per heavy atom. The first-order valence-corrected chi connectivity index (χ1v) is 8.49. The van der Waals surface area contributed by atoms with E-state index in [1.54, 1.807) is 22.5 Å². The molecule has 132 valence electrons. The van der Waals surface area contributed by atoms with Crippen LogP contribution in [-0.4, -0.2) is 40.1 Å². The molecule has 2 aromatic carbocycles. The summed E-state index contributed by atoms with van der Waals surface area (Å²) in [7, 11) is 1.83. The van der Waals surface area contributed by atoms with Gasteiger partial charge >= 0.3 is 0 Å². The molecule has 6 heteroatoms. The molecule has 4 rings (SSSR count). The molecule has 0 aliphatic carbocycles. The first-order valence-electron chi connectivity index (χ1n) is 8.49. The van der Waals surface area contributed by atoms with Gasteiger partial charge in [-0.15, -0.1) is 0 Å². The van der Waals surface area contributed by atoms with Crippen molar-refractivity contribution in [2.45, 2.75) is 13.0 Å². The minimum absolute atomic E-state index is 0.0405. The predicted octanol–water partition coefficient (Wildman–Crippen LogP) is 2.44. The topological polar surface area (TPSA) is 74.6 Å². The van der Waals surface area contributed by atoms with Crippen molar-refractivity contribution >= 4 is 22.7 Å². The summed E-state index contributed by atoms with van der Waals surface area (Å²) in [5.74, 6) is -0.501. The van der Waals surface area contributed by atoms with Crippen LogP contribution < -0.4 is 5.48 Å². The molecule has 26 heavy (non-hydrogen) atoms. The van der Waals surface area contributed by atoms with E-state index in [4.69, 9.17) is 5.21 Å². The molecule has 0 bridgehead atoms. The van der Waals surface area contributed by atoms with Gasteiger partial charge in [0.25, 0.3) is 11.8 Å². The molecule has 2 heterocycles. The van der Waals surface area contributed by atoms with Gasteiger partial charge in [-0.25, -0.2) is 5.48 Å². The lowest BCUT2D eigenvalue weighted by molar-refractivity contribution is 0.0705. The Labute approximate surface area is 150 Å². The van der Waals surface area contributed by atoms with Gasteiger partial charge in [0.05, 0.1) is 0 Å². The number of nitrogens with one attached hydrogen (secondary N) is 1. The van der Waals surface area contributed by atoms with E-state index >= 15 is 0 Å². The maximum atomic E-state index is 12.8. The van der Waals surface area contributed by atoms with E-state index in [0.717, 1.165) is 34.3 Å². The van der Waals surface area contributed by atoms with Crippen LogP contribution in [0, 0.1) is 0 Å². The van der Waals surface area contributed by atoms with E-state index in [-0.39, 0.29) is 5.91 Å². The van der Waals surface area contributed by atoms with Crippen LogP contribution in [0.4, 0.5) is 0 Å². The van der Waals surface area contributed by atoms with Gasteiger partial charge in [-0.05, 0) is 29.3 Å². The molecule has 2 amide bonds. The van der Waals surface area contributed by atoms with E-state index in [1.807, 2.05) is 31.3 Å². The number of carbonyl (C=O) groups excluding carboxylic acids is 2. The summed E-state index contributed by atoms with van der Waals surface area (Å²) < 4.78 is 2.11. The third-order valence-corrected chi connectivity index (χ3v) is 4.98. The van der Waals surface area contributed by atoms with E-state index < -0.39 is 5.91 Å². The lowest BCUT2D eigenvalue weighted by Crippen LogP contribution is -2.37. The maximum absolute atomic E-state index is 12.8. The average molecular weight is 349 g/mol. The average Bonchev–Trinajstić information content (AvgIpc) is 2.99. The number of nitrogens with zero attached hydrogens (tertiary/aromatic N) is 2. The van der Waals surface area contributed by atoms with Crippen molar-refractivity contribution < 1.29 is 14.8 Å². The molecule has 0 unspecified atom stereocenters. The molecule has 0 radical (unpaired) electrons. The van der Waals surface area contributed by atoms with Crippen molar-refractivity contribution in [3.8, 4) is 0 Å². The van der Waals surface area contributed by atoms with Gasteiger partial charge in [0.1, 0.15) is 5.69 Å². The molecule has 1 aliphatic rings. The van der Waals surface area contributed by atoms with Gasteiger partial charge in [-0.2, -0.15) is 0 Å². The van der Waals surface area contributed by atoms with E-state index in [9.17, 15) is 9.59 Å². The molecule has 1 aliphatic heterocycles. The highest BCUT2D eigenvalue weighted by molar-refractivity contribution is 6.02. The summed E-state index contributed by atoms with van der Waals surface area (Å²) >= 11 is 0. The lowest BCUT2D eigenvalue weighted by Gasteiger charge is -2.25. The van der Waals surface area contributed by atoms with Crippen LogP contribution in [0.2, 0.25) is 0 Å². The molecule has 1 aromatic heterocycles. The first-order chi connectivity index (χ1) is 12.6. The van der Waals surface area contributed by atoms with Gasteiger partial charge in [0.2, 0.25) is 0 Å². The minimum atomic E-state index is -0.542. The van der Waals surface area contributed by atoms with Crippen LogP contribution in [0.3, 0.4) is 0 Å². The third-order valence-electron chi connectivity index (χ3n) is 4.98. The summed E-state index contributed by atoms with van der Waals surface area (Å²) in [5.41, 5.74) is 5.85. The van der Waals surface area contributed by atoms with Crippen LogP contribution in [0.1, 0.15) is 32.0 Å². The van der Waals surface area contributed by atoms with Crippen molar-refractivity contribution in [2.75, 3.05) is 13.6 Å². The van der Waals surface area contributed by atoms with Gasteiger partial charge in [0, 0.05) is 43.0 Å². The number of likely N-dealkylation sites (N-methyl/N-ethyl adjacent to an activating group) is 1. The summed E-state index contributed by atoms with van der Waals surface area (Å²) in [6.07, 6.45) is 0.601. The molecule has 3 aromatic rings. The zero-order chi connectivity index (χ0) is 18.3. The highest BCUT2D eigenvalue weighted by atomic mass is 16.5. The molecule has 0 atom stereocenters. The Bertz CT molecular complexity index is 1010. The fourth-order valence-corrected chi connectivity index (χ4v) is 3.61. The Hall–Kier alpha value is -3.12. The number of aromatic nitrogens is 1. The number of hydroxylamine groups is 1. The maximum Gasteiger partial charge on any atom is 0.274 e. The third kappa shape index (κ3) is 2.55. The zero-order valence-corrected chi connectivity index (χ0v) is 14.4. The number of benzene rings is 2. The number of fused-ring (bicyclic) bond motifs is 3. The van der Waals surface area contributed by atoms with E-state index in [0.29, 0.717) is 18.5 Å². The summed E-state index contributed by atoms with van der Waals surface area (Å²) in [4.78, 5) is 26.0. The molecule has 0 saturated heterocycles. The van der Waals surface area contributed by atoms with Crippen molar-refractivity contribution in [1.29, 1.82) is 0 Å². The van der Waals surface area contributed by atoms with Crippen LogP contribution in [0.25, 0.3) is 10.9 Å². The summed E-state index contributed by atoms with van der Waals surface area (Å²) in [5, 5.41) is 9.81. The quantitative estimate of drug-likeness (QED) is 0.563. The predicted molar refractivity (Wildman–Crippen MR) is 97.4 cm³/mol. The Kier molecular flexibility index (Phi) is 3.97. The van der Waals surface area contributed by atoms with Crippen LogP contribution >= 0.6 is 0 Å². The number of carbonyl (C=O) groups is 2. The van der Waals surface area contributed by atoms with E-state index in [2.05, 4.69) is 16.7 Å². The minimum Gasteiger partial charge on any atom is -0.339 e. The molecule has 0 fully saturated rings. The van der Waals surface area contributed by atoms with Crippen LogP contribution in [0.5, 0.6) is 0 Å². The van der Waals surface area contributed by atoms with Crippen molar-refractivity contribution in [3.63, 3.8) is 0 Å². The van der Waals surface area contributed by atoms with E-state index in [1.165, 1.54) is 0 Å². The van der Waals surface area contributed by atoms with Crippen LogP contribution in [0.15, 0.2) is 48.5 Å². The van der Waals surface area contributed by atoms with Crippen LogP contribution in [-0.2, 0) is 13.0 Å². The van der Waals surface area contributed by atoms with Crippen molar-refractivity contribution in [3.05, 3.63) is 70.9 Å². The Morgan fingerprint density at radius 3 is 2.58 bits per heavy atom. The van der Waals surface area contributed by atoms with Crippen molar-refractivity contribution in [2.24, 2.45) is 0 Å². The standard InChI is InChI=1S/C20H19N3O3/c1-22-10-11-23-17-5-3-2-4-15(17)16(18(23)20(22)25)12-13-6-8-14(9-7-13)19(24)21-26/h2-9,26H,10-12H2,1H3,(H,21,24). The number of amides is 2. The van der Waals surface area contributed by atoms with Gasteiger partial charge in [-0.1, -0.05) is 30.3 Å². The Balaban J connectivity index is 1.79. The lowest BCUT2D eigenvalue weighted by atomic mass is 10.00. The first kappa shape index (κ1) is 16.4. The second-order valence-corrected chi connectivity index (χ2v) is 6.54. The number of rotatable bonds is 3. The highest BCUT2D eigenvalue weighted by Gasteiger charge is 2.28. The monoisotopic (exact) mass is 349 g/mol. The highest BCUT2D eigenvalue weighted by Crippen LogP contribution is 2.31. The molecule has 6 nitrogen and oxygen atoms in total. The fourth-order valence-electron chi connectivity index (χ4n) is 3.61. The SMILES string of the molecule is CN1CCn2c(c(Cc3ccc(C(=O)NO)cc3)c3ccccc32)C1=O. The number of hydrogen-bond donors (Lipinski definition) is 2. The number of hydrogen-bond acceptors (Lipinski definition) is 3. The number of para-hydroxylation sites is 1. The molecule has 0 spiro atoms. The zero-order valence-electron chi connectivity index (χ0n) is 14.4. The van der Waals surface area contributed by atoms with Gasteiger partial charge in [-0.3, -0.25) is 14.8 Å². The molecular weight excluding hydrogens is 330 g/mol. The second-order valence-electron chi connectivity index (χ2n) is 6.54. The fraction of sp³-hybridized carbons (Fsp3) is 0.200. The second kappa shape index (κ2) is 6.31. The largest absolute Gasteiger partial charge is 0.339 e. The normalized spacial score (nSPS) is 13.8. The van der Waals surface area contributed by atoms with Crippen molar-refractivity contribution in [1.82, 2.24) is 14.9 Å². The Morgan fingerprint density at radius 2 is 1.85 bits per heavy atom. The van der Waals surface area contributed by atoms with Gasteiger partial charge < -0.3 is 9.47 Å². The van der Waals surface area contributed by atoms with Gasteiger partial charge in [0.15, 0.2) is 0 Å². The summed E-state index contributed by atoms with van der Waals surface area (Å²) in [6, 6.07) is 15.1.